The number of carboxylic acids is 1. The zero-order valence-electron chi connectivity index (χ0n) is 33.2. The highest BCUT2D eigenvalue weighted by atomic mass is 32.3. The maximum Gasteiger partial charge on any atom is 0.312 e. The molecule has 294 valence electrons. The fraction of sp³-hybridized carbons (Fsp3) is 0.841. The van der Waals surface area contributed by atoms with E-state index >= 15 is 0 Å². The van der Waals surface area contributed by atoms with Gasteiger partial charge in [0.25, 0.3) is 0 Å². The lowest BCUT2D eigenvalue weighted by Gasteiger charge is -2.72. The third kappa shape index (κ3) is 5.79. The number of rotatable bonds is 8. The molecule has 52 heavy (non-hydrogen) atoms. The number of alkyl halides is 1. The van der Waals surface area contributed by atoms with Gasteiger partial charge >= 0.3 is 5.97 Å². The summed E-state index contributed by atoms with van der Waals surface area (Å²) in [5.74, 6) is 2.45. The number of halogens is 1. The van der Waals surface area contributed by atoms with E-state index in [9.17, 15) is 28.5 Å². The van der Waals surface area contributed by atoms with Crippen molar-refractivity contribution in [2.75, 3.05) is 24.7 Å². The lowest BCUT2D eigenvalue weighted by molar-refractivity contribution is -0.221. The van der Waals surface area contributed by atoms with Crippen molar-refractivity contribution < 1.29 is 28.5 Å². The quantitative estimate of drug-likeness (QED) is 0.158. The minimum atomic E-state index is -2.53. The van der Waals surface area contributed by atoms with Gasteiger partial charge in [0.1, 0.15) is 6.67 Å². The summed E-state index contributed by atoms with van der Waals surface area (Å²) in [6.45, 7) is 19.6. The first-order valence-corrected chi connectivity index (χ1v) is 22.7. The zero-order chi connectivity index (χ0) is 37.8. The second kappa shape index (κ2) is 12.9. The lowest BCUT2D eigenvalue weighted by Crippen LogP contribution is -2.68. The molecule has 0 amide bonds. The highest BCUT2D eigenvalue weighted by Crippen LogP contribution is 2.76. The van der Waals surface area contributed by atoms with Crippen LogP contribution in [0.2, 0.25) is 0 Å². The normalized spacial score (nSPS) is 46.7. The molecule has 1 saturated heterocycles. The van der Waals surface area contributed by atoms with Gasteiger partial charge in [-0.05, 0) is 172 Å². The van der Waals surface area contributed by atoms with E-state index in [2.05, 4.69) is 65.6 Å². The molecule has 0 aromatic rings. The Hall–Kier alpha value is -1.19. The predicted octanol–water partition coefficient (Wildman–Crippen LogP) is 10.3. The largest absolute Gasteiger partial charge is 0.481 e. The maximum atomic E-state index is 14.0. The molecule has 4 saturated carbocycles. The Morgan fingerprint density at radius 1 is 0.904 bits per heavy atom. The van der Waals surface area contributed by atoms with Crippen LogP contribution in [0, 0.1) is 56.7 Å². The standard InChI is InChI=1S/C44H70FNO5S/c1-29(2)31-12-19-44(46-25-22-43(49)23-26-52(50,51)27-24-43)21-20-40(6)33(36(31)44)8-9-35-39(5)15-13-32(38(3,4)34(39)14-16-41(35,40)7)30-10-17-42(28-45,18-11-30)37(47)48/h10,13,31,33-36,46,49-51H,1,8-9,11-12,14-28H2,2-7H3,(H,47,48)/t31-,33+,34-,35+,36+,39-,40+,41+,42-,44-/m0/s1. The van der Waals surface area contributed by atoms with Crippen LogP contribution in [0.25, 0.3) is 0 Å². The molecule has 1 aliphatic heterocycles. The van der Waals surface area contributed by atoms with Crippen LogP contribution in [-0.4, -0.2) is 61.2 Å². The van der Waals surface area contributed by atoms with Crippen LogP contribution in [-0.2, 0) is 4.79 Å². The molecule has 6 aliphatic carbocycles. The highest BCUT2D eigenvalue weighted by Gasteiger charge is 2.70. The first kappa shape index (κ1) is 39.1. The van der Waals surface area contributed by atoms with Crippen molar-refractivity contribution in [3.63, 3.8) is 0 Å². The van der Waals surface area contributed by atoms with Gasteiger partial charge in [-0.1, -0.05) is 58.9 Å². The van der Waals surface area contributed by atoms with Crippen molar-refractivity contribution >= 4 is 16.6 Å². The Labute approximate surface area is 315 Å². The lowest BCUT2D eigenvalue weighted by atomic mass is 9.33. The van der Waals surface area contributed by atoms with E-state index in [-0.39, 0.29) is 33.6 Å². The van der Waals surface area contributed by atoms with Crippen LogP contribution < -0.4 is 5.32 Å². The molecule has 5 fully saturated rings. The van der Waals surface area contributed by atoms with Crippen LogP contribution in [0.1, 0.15) is 138 Å². The van der Waals surface area contributed by atoms with Gasteiger partial charge in [0.05, 0.1) is 11.0 Å². The van der Waals surface area contributed by atoms with Crippen LogP contribution in [0.5, 0.6) is 0 Å². The fourth-order valence-corrected chi connectivity index (χ4v) is 16.5. The number of fused-ring (bicyclic) bond motifs is 7. The van der Waals surface area contributed by atoms with Gasteiger partial charge in [-0.3, -0.25) is 13.9 Å². The minimum absolute atomic E-state index is 0.0292. The third-order valence-electron chi connectivity index (χ3n) is 18.2. The summed E-state index contributed by atoms with van der Waals surface area (Å²) in [7, 11) is -2.53. The molecule has 0 aromatic heterocycles. The molecule has 7 aliphatic rings. The van der Waals surface area contributed by atoms with Gasteiger partial charge in [0.15, 0.2) is 0 Å². The monoisotopic (exact) mass is 743 g/mol. The smallest absolute Gasteiger partial charge is 0.312 e. The van der Waals surface area contributed by atoms with E-state index in [0.717, 1.165) is 25.8 Å². The molecule has 0 spiro atoms. The number of carbonyl (C=O) groups is 1. The molecule has 0 aromatic carbocycles. The van der Waals surface area contributed by atoms with Crippen molar-refractivity contribution in [3.8, 4) is 0 Å². The van der Waals surface area contributed by atoms with Crippen LogP contribution in [0.3, 0.4) is 0 Å². The summed E-state index contributed by atoms with van der Waals surface area (Å²) in [6, 6.07) is 0. The summed E-state index contributed by atoms with van der Waals surface area (Å²) in [4.78, 5) is 12.0. The average Bonchev–Trinajstić information content (AvgIpc) is 3.46. The van der Waals surface area contributed by atoms with Crippen molar-refractivity contribution in [1.82, 2.24) is 5.32 Å². The predicted molar refractivity (Wildman–Crippen MR) is 210 cm³/mol. The Morgan fingerprint density at radius 2 is 1.62 bits per heavy atom. The Morgan fingerprint density at radius 3 is 2.23 bits per heavy atom. The van der Waals surface area contributed by atoms with Gasteiger partial charge in [-0.15, -0.1) is 0 Å². The topological polar surface area (TPSA) is 110 Å². The molecule has 8 heteroatoms. The van der Waals surface area contributed by atoms with E-state index in [1.807, 2.05) is 0 Å². The minimum Gasteiger partial charge on any atom is -0.481 e. The fourth-order valence-electron chi connectivity index (χ4n) is 14.8. The first-order valence-electron chi connectivity index (χ1n) is 20.8. The van der Waals surface area contributed by atoms with E-state index in [1.165, 1.54) is 55.2 Å². The van der Waals surface area contributed by atoms with E-state index in [0.29, 0.717) is 73.2 Å². The number of hydrogen-bond donors (Lipinski definition) is 5. The van der Waals surface area contributed by atoms with Crippen molar-refractivity contribution in [1.29, 1.82) is 0 Å². The molecule has 0 radical (unpaired) electrons. The average molecular weight is 744 g/mol. The van der Waals surface area contributed by atoms with Gasteiger partial charge in [-0.2, -0.15) is 10.6 Å². The summed E-state index contributed by atoms with van der Waals surface area (Å²) in [5, 5.41) is 25.4. The van der Waals surface area contributed by atoms with E-state index in [1.54, 1.807) is 0 Å². The Bertz CT molecular complexity index is 1510. The number of allylic oxidation sites excluding steroid dienone is 5. The third-order valence-corrected chi connectivity index (χ3v) is 19.9. The van der Waals surface area contributed by atoms with E-state index < -0.39 is 34.2 Å². The van der Waals surface area contributed by atoms with Crippen LogP contribution >= 0.6 is 10.6 Å². The molecule has 7 rings (SSSR count). The number of aliphatic carboxylic acids is 1. The maximum absolute atomic E-state index is 14.0. The molecule has 1 heterocycles. The number of carboxylic acid groups (broad SMARTS) is 1. The van der Waals surface area contributed by atoms with Gasteiger partial charge in [0.2, 0.25) is 0 Å². The Balaban J connectivity index is 1.13. The molecular weight excluding hydrogens is 674 g/mol. The van der Waals surface area contributed by atoms with E-state index in [4.69, 9.17) is 0 Å². The molecular formula is C44H70FNO5S. The summed E-state index contributed by atoms with van der Waals surface area (Å²) >= 11 is 0. The van der Waals surface area contributed by atoms with Crippen LogP contribution in [0.4, 0.5) is 4.39 Å². The van der Waals surface area contributed by atoms with Crippen molar-refractivity contribution in [3.05, 3.63) is 35.5 Å². The number of aliphatic hydroxyl groups is 1. The zero-order valence-corrected chi connectivity index (χ0v) is 34.0. The second-order valence-corrected chi connectivity index (χ2v) is 23.1. The molecule has 0 bridgehead atoms. The highest BCUT2D eigenvalue weighted by molar-refractivity contribution is 8.24. The second-order valence-electron chi connectivity index (χ2n) is 20.6. The molecule has 0 unspecified atom stereocenters. The summed E-state index contributed by atoms with van der Waals surface area (Å²) < 4.78 is 34.3. The Kier molecular flexibility index (Phi) is 9.71. The molecule has 10 atom stereocenters. The number of hydrogen-bond acceptors (Lipinski definition) is 5. The molecule has 5 N–H and O–H groups in total. The summed E-state index contributed by atoms with van der Waals surface area (Å²) in [6.07, 6.45) is 18.2. The SMILES string of the molecule is C=C(C)[C@@H]1CC[C@]2(NCCC3(O)CCS(O)(O)CC3)CC[C@]3(C)[C@H](CC[C@@H]4[C@@]5(C)CC=C(C6=CC[C@](CF)(C(=O)O)CC6)C(C)(C)[C@@H]5CC[C@]43C)[C@@H]12. The number of nitrogens with one attached hydrogen (secondary N) is 1. The summed E-state index contributed by atoms with van der Waals surface area (Å²) in [5.41, 5.74) is 2.56. The van der Waals surface area contributed by atoms with Gasteiger partial charge in [-0.25, -0.2) is 4.39 Å². The van der Waals surface area contributed by atoms with Gasteiger partial charge < -0.3 is 15.5 Å². The van der Waals surface area contributed by atoms with Crippen molar-refractivity contribution in [2.24, 2.45) is 56.7 Å². The van der Waals surface area contributed by atoms with Gasteiger partial charge in [0, 0.05) is 17.0 Å². The van der Waals surface area contributed by atoms with Crippen molar-refractivity contribution in [2.45, 2.75) is 149 Å². The van der Waals surface area contributed by atoms with Crippen LogP contribution in [0.15, 0.2) is 35.5 Å². The molecule has 6 nitrogen and oxygen atoms in total. The first-order chi connectivity index (χ1) is 24.2.